The van der Waals surface area contributed by atoms with Gasteiger partial charge in [-0.05, 0) is 32.3 Å². The van der Waals surface area contributed by atoms with Crippen molar-refractivity contribution in [3.05, 3.63) is 17.5 Å². The van der Waals surface area contributed by atoms with Gasteiger partial charge in [0.15, 0.2) is 0 Å². The SMILES string of the molecule is CC(C)n1ncc2c1CC(N)CC2. The molecular formula is C10H17N3. The summed E-state index contributed by atoms with van der Waals surface area (Å²) >= 11 is 0. The second kappa shape index (κ2) is 3.14. The summed E-state index contributed by atoms with van der Waals surface area (Å²) in [6.45, 7) is 4.32. The van der Waals surface area contributed by atoms with Crippen LogP contribution in [-0.2, 0) is 12.8 Å². The van der Waals surface area contributed by atoms with Gasteiger partial charge in [-0.15, -0.1) is 0 Å². The summed E-state index contributed by atoms with van der Waals surface area (Å²) in [5, 5.41) is 4.39. The molecule has 3 heteroatoms. The van der Waals surface area contributed by atoms with Gasteiger partial charge in [0.2, 0.25) is 0 Å². The molecule has 0 saturated carbocycles. The van der Waals surface area contributed by atoms with Gasteiger partial charge in [-0.2, -0.15) is 5.10 Å². The molecule has 72 valence electrons. The number of aromatic nitrogens is 2. The van der Waals surface area contributed by atoms with Crippen molar-refractivity contribution in [3.8, 4) is 0 Å². The lowest BCUT2D eigenvalue weighted by Gasteiger charge is -2.20. The Bertz CT molecular complexity index is 301. The Labute approximate surface area is 78.9 Å². The topological polar surface area (TPSA) is 43.8 Å². The smallest absolute Gasteiger partial charge is 0.0524 e. The van der Waals surface area contributed by atoms with Gasteiger partial charge in [0.05, 0.1) is 6.20 Å². The van der Waals surface area contributed by atoms with Gasteiger partial charge in [-0.1, -0.05) is 0 Å². The summed E-state index contributed by atoms with van der Waals surface area (Å²) in [6.07, 6.45) is 5.20. The Morgan fingerprint density at radius 3 is 3.08 bits per heavy atom. The molecule has 0 aliphatic heterocycles. The van der Waals surface area contributed by atoms with E-state index in [9.17, 15) is 0 Å². The molecule has 3 nitrogen and oxygen atoms in total. The van der Waals surface area contributed by atoms with Gasteiger partial charge in [0, 0.05) is 24.2 Å². The molecule has 0 fully saturated rings. The minimum atomic E-state index is 0.335. The average Bonchev–Trinajstić information content (AvgIpc) is 2.46. The van der Waals surface area contributed by atoms with Crippen LogP contribution in [0.4, 0.5) is 0 Å². The fraction of sp³-hybridized carbons (Fsp3) is 0.700. The quantitative estimate of drug-likeness (QED) is 0.705. The lowest BCUT2D eigenvalue weighted by atomic mass is 9.94. The highest BCUT2D eigenvalue weighted by molar-refractivity contribution is 5.22. The van der Waals surface area contributed by atoms with Gasteiger partial charge in [0.25, 0.3) is 0 Å². The maximum atomic E-state index is 5.94. The third-order valence-corrected chi connectivity index (χ3v) is 2.71. The lowest BCUT2D eigenvalue weighted by Crippen LogP contribution is -2.29. The van der Waals surface area contributed by atoms with E-state index in [0.717, 1.165) is 19.3 Å². The molecule has 1 aromatic rings. The lowest BCUT2D eigenvalue weighted by molar-refractivity contribution is 0.476. The molecule has 2 N–H and O–H groups in total. The van der Waals surface area contributed by atoms with Gasteiger partial charge in [0.1, 0.15) is 0 Å². The number of aryl methyl sites for hydroxylation is 1. The van der Waals surface area contributed by atoms with Crippen LogP contribution in [0.1, 0.15) is 37.6 Å². The Kier molecular flexibility index (Phi) is 2.12. The maximum Gasteiger partial charge on any atom is 0.0524 e. The van der Waals surface area contributed by atoms with Gasteiger partial charge in [-0.3, -0.25) is 4.68 Å². The number of hydrogen-bond donors (Lipinski definition) is 1. The van der Waals surface area contributed by atoms with Gasteiger partial charge < -0.3 is 5.73 Å². The van der Waals surface area contributed by atoms with Crippen LogP contribution in [0.15, 0.2) is 6.20 Å². The zero-order valence-electron chi connectivity index (χ0n) is 8.33. The van der Waals surface area contributed by atoms with Crippen LogP contribution < -0.4 is 5.73 Å². The summed E-state index contributed by atoms with van der Waals surface area (Å²) in [4.78, 5) is 0. The van der Waals surface area contributed by atoms with E-state index >= 15 is 0 Å². The van der Waals surface area contributed by atoms with E-state index in [2.05, 4.69) is 23.6 Å². The van der Waals surface area contributed by atoms with Crippen LogP contribution in [0.5, 0.6) is 0 Å². The molecule has 1 unspecified atom stereocenters. The zero-order chi connectivity index (χ0) is 9.42. The molecule has 1 aromatic heterocycles. The number of hydrogen-bond acceptors (Lipinski definition) is 2. The van der Waals surface area contributed by atoms with Crippen molar-refractivity contribution in [1.82, 2.24) is 9.78 Å². The fourth-order valence-corrected chi connectivity index (χ4v) is 1.99. The van der Waals surface area contributed by atoms with Crippen molar-refractivity contribution in [2.45, 2.75) is 45.2 Å². The highest BCUT2D eigenvalue weighted by Crippen LogP contribution is 2.22. The van der Waals surface area contributed by atoms with E-state index in [-0.39, 0.29) is 0 Å². The molecule has 2 rings (SSSR count). The van der Waals surface area contributed by atoms with E-state index in [1.54, 1.807) is 0 Å². The average molecular weight is 179 g/mol. The number of fused-ring (bicyclic) bond motifs is 1. The zero-order valence-corrected chi connectivity index (χ0v) is 8.33. The van der Waals surface area contributed by atoms with Crippen LogP contribution in [0.2, 0.25) is 0 Å². The normalized spacial score (nSPS) is 22.0. The monoisotopic (exact) mass is 179 g/mol. The number of nitrogens with two attached hydrogens (primary N) is 1. The molecule has 0 saturated heterocycles. The highest BCUT2D eigenvalue weighted by atomic mass is 15.3. The van der Waals surface area contributed by atoms with Crippen molar-refractivity contribution in [2.24, 2.45) is 5.73 Å². The summed E-state index contributed by atoms with van der Waals surface area (Å²) in [6, 6.07) is 0.788. The Morgan fingerprint density at radius 1 is 1.62 bits per heavy atom. The van der Waals surface area contributed by atoms with E-state index in [1.165, 1.54) is 11.3 Å². The molecule has 1 aliphatic carbocycles. The molecule has 13 heavy (non-hydrogen) atoms. The predicted molar refractivity (Wildman–Crippen MR) is 52.6 cm³/mol. The first kappa shape index (κ1) is 8.75. The van der Waals surface area contributed by atoms with Gasteiger partial charge >= 0.3 is 0 Å². The molecule has 0 amide bonds. The van der Waals surface area contributed by atoms with Crippen LogP contribution in [0.3, 0.4) is 0 Å². The van der Waals surface area contributed by atoms with Crippen LogP contribution >= 0.6 is 0 Å². The number of rotatable bonds is 1. The van der Waals surface area contributed by atoms with Crippen molar-refractivity contribution in [1.29, 1.82) is 0 Å². The first-order valence-corrected chi connectivity index (χ1v) is 4.99. The third kappa shape index (κ3) is 1.48. The minimum absolute atomic E-state index is 0.335. The van der Waals surface area contributed by atoms with Crippen molar-refractivity contribution >= 4 is 0 Å². The van der Waals surface area contributed by atoms with Crippen molar-refractivity contribution < 1.29 is 0 Å². The summed E-state index contributed by atoms with van der Waals surface area (Å²) < 4.78 is 2.11. The molecule has 0 aromatic carbocycles. The second-order valence-electron chi connectivity index (χ2n) is 4.16. The Morgan fingerprint density at radius 2 is 2.38 bits per heavy atom. The van der Waals surface area contributed by atoms with E-state index in [0.29, 0.717) is 12.1 Å². The first-order valence-electron chi connectivity index (χ1n) is 4.99. The van der Waals surface area contributed by atoms with E-state index < -0.39 is 0 Å². The Balaban J connectivity index is 2.35. The van der Waals surface area contributed by atoms with Gasteiger partial charge in [-0.25, -0.2) is 0 Å². The van der Waals surface area contributed by atoms with E-state index in [4.69, 9.17) is 5.73 Å². The summed E-state index contributed by atoms with van der Waals surface area (Å²) in [5.74, 6) is 0. The molecule has 0 spiro atoms. The molecule has 1 aliphatic rings. The molecular weight excluding hydrogens is 162 g/mol. The maximum absolute atomic E-state index is 5.94. The highest BCUT2D eigenvalue weighted by Gasteiger charge is 2.20. The van der Waals surface area contributed by atoms with Crippen LogP contribution in [0, 0.1) is 0 Å². The molecule has 0 bridgehead atoms. The summed E-state index contributed by atoms with van der Waals surface area (Å²) in [7, 11) is 0. The number of nitrogens with zero attached hydrogens (tertiary/aromatic N) is 2. The fourth-order valence-electron chi connectivity index (χ4n) is 1.99. The minimum Gasteiger partial charge on any atom is -0.327 e. The molecule has 1 atom stereocenters. The standard InChI is InChI=1S/C10H17N3/c1-7(2)13-10-5-9(11)4-3-8(10)6-12-13/h6-7,9H,3-5,11H2,1-2H3. The van der Waals surface area contributed by atoms with E-state index in [1.807, 2.05) is 6.20 Å². The predicted octanol–water partition coefficient (Wildman–Crippen LogP) is 1.28. The molecule has 0 radical (unpaired) electrons. The first-order chi connectivity index (χ1) is 6.18. The largest absolute Gasteiger partial charge is 0.327 e. The Hall–Kier alpha value is -0.830. The van der Waals surface area contributed by atoms with Crippen molar-refractivity contribution in [3.63, 3.8) is 0 Å². The van der Waals surface area contributed by atoms with Crippen LogP contribution in [0.25, 0.3) is 0 Å². The third-order valence-electron chi connectivity index (χ3n) is 2.71. The van der Waals surface area contributed by atoms with Crippen LogP contribution in [-0.4, -0.2) is 15.8 Å². The molecule has 1 heterocycles. The second-order valence-corrected chi connectivity index (χ2v) is 4.16. The summed E-state index contributed by atoms with van der Waals surface area (Å²) in [5.41, 5.74) is 8.69. The van der Waals surface area contributed by atoms with Crippen molar-refractivity contribution in [2.75, 3.05) is 0 Å².